The van der Waals surface area contributed by atoms with Gasteiger partial charge in [-0.2, -0.15) is 10.1 Å². The van der Waals surface area contributed by atoms with Gasteiger partial charge in [-0.3, -0.25) is 9.59 Å². The first kappa shape index (κ1) is 17.4. The van der Waals surface area contributed by atoms with Gasteiger partial charge in [-0.05, 0) is 29.9 Å². The minimum atomic E-state index is -0.218. The Balaban J connectivity index is 1.32. The van der Waals surface area contributed by atoms with Gasteiger partial charge in [-0.25, -0.2) is 0 Å². The summed E-state index contributed by atoms with van der Waals surface area (Å²) in [5, 5.41) is 6.54. The molecule has 2 bridgehead atoms. The van der Waals surface area contributed by atoms with Gasteiger partial charge in [0.1, 0.15) is 0 Å². The van der Waals surface area contributed by atoms with E-state index in [-0.39, 0.29) is 35.5 Å². The highest BCUT2D eigenvalue weighted by Crippen LogP contribution is 2.52. The third kappa shape index (κ3) is 2.51. The summed E-state index contributed by atoms with van der Waals surface area (Å²) in [4.78, 5) is 25.7. The molecule has 5 heteroatoms. The van der Waals surface area contributed by atoms with Crippen LogP contribution in [0, 0.1) is 23.7 Å². The lowest BCUT2D eigenvalue weighted by Crippen LogP contribution is -2.28. The number of rotatable bonds is 4. The normalized spacial score (nSPS) is 27.1. The van der Waals surface area contributed by atoms with E-state index >= 15 is 0 Å². The lowest BCUT2D eigenvalue weighted by Gasteiger charge is -2.13. The largest absolute Gasteiger partial charge is 0.342 e. The van der Waals surface area contributed by atoms with Crippen molar-refractivity contribution in [3.05, 3.63) is 84.1 Å². The predicted molar refractivity (Wildman–Crippen MR) is 115 cm³/mol. The molecule has 2 aliphatic carbocycles. The van der Waals surface area contributed by atoms with Crippen LogP contribution in [0.4, 0.5) is 0 Å². The fourth-order valence-corrected chi connectivity index (χ4v) is 5.41. The van der Waals surface area contributed by atoms with Gasteiger partial charge >= 0.3 is 0 Å². The number of carbonyl (C=O) groups is 2. The highest BCUT2D eigenvalue weighted by atomic mass is 16.2. The monoisotopic (exact) mass is 395 g/mol. The molecule has 0 N–H and O–H groups in total. The van der Waals surface area contributed by atoms with Crippen molar-refractivity contribution in [1.82, 2.24) is 9.58 Å². The maximum atomic E-state index is 12.9. The number of allylic oxidation sites excluding steroid dienone is 2. The Morgan fingerprint density at radius 2 is 1.57 bits per heavy atom. The number of amides is 2. The second-order valence-electron chi connectivity index (χ2n) is 8.45. The molecule has 1 saturated heterocycles. The molecule has 2 aromatic carbocycles. The summed E-state index contributed by atoms with van der Waals surface area (Å²) in [6, 6.07) is 18.4. The highest BCUT2D eigenvalue weighted by molar-refractivity contribution is 6.07. The summed E-state index contributed by atoms with van der Waals surface area (Å²) < 4.78 is 2.18. The third-order valence-corrected chi connectivity index (χ3v) is 6.77. The average Bonchev–Trinajstić information content (AvgIpc) is 3.52. The van der Waals surface area contributed by atoms with E-state index in [9.17, 15) is 9.59 Å². The Kier molecular flexibility index (Phi) is 3.78. The van der Waals surface area contributed by atoms with Crippen molar-refractivity contribution in [1.29, 1.82) is 0 Å². The molecule has 1 aliphatic heterocycles. The van der Waals surface area contributed by atoms with E-state index in [1.807, 2.05) is 42.6 Å². The number of para-hydroxylation sites is 1. The number of carbonyl (C=O) groups excluding carboxylic acids is 2. The van der Waals surface area contributed by atoms with E-state index in [0.29, 0.717) is 0 Å². The fourth-order valence-electron chi connectivity index (χ4n) is 5.41. The zero-order chi connectivity index (χ0) is 20.2. The Morgan fingerprint density at radius 3 is 2.30 bits per heavy atom. The second kappa shape index (κ2) is 6.52. The number of hydrogen-bond acceptors (Lipinski definition) is 3. The zero-order valence-corrected chi connectivity index (χ0v) is 16.4. The number of hydrogen-bond donors (Lipinski definition) is 0. The van der Waals surface area contributed by atoms with Crippen molar-refractivity contribution in [3.8, 4) is 0 Å². The van der Waals surface area contributed by atoms with Crippen LogP contribution in [0.25, 0.3) is 10.9 Å². The molecule has 2 heterocycles. The summed E-state index contributed by atoms with van der Waals surface area (Å²) in [6.07, 6.45) is 8.83. The number of imide groups is 1. The zero-order valence-electron chi connectivity index (χ0n) is 16.4. The lowest BCUT2D eigenvalue weighted by atomic mass is 9.85. The van der Waals surface area contributed by atoms with Gasteiger partial charge in [-0.1, -0.05) is 60.7 Å². The van der Waals surface area contributed by atoms with Crippen molar-refractivity contribution in [2.75, 3.05) is 0 Å². The third-order valence-electron chi connectivity index (χ3n) is 6.77. The fraction of sp³-hybridized carbons (Fsp3) is 0.240. The first-order valence-electron chi connectivity index (χ1n) is 10.4. The van der Waals surface area contributed by atoms with E-state index in [1.165, 1.54) is 5.56 Å². The van der Waals surface area contributed by atoms with Crippen LogP contribution in [0.1, 0.15) is 17.5 Å². The maximum Gasteiger partial charge on any atom is 0.254 e. The summed E-state index contributed by atoms with van der Waals surface area (Å²) in [6.45, 7) is 0.746. The van der Waals surface area contributed by atoms with E-state index in [0.717, 1.165) is 34.4 Å². The molecule has 1 saturated carbocycles. The highest BCUT2D eigenvalue weighted by Gasteiger charge is 2.59. The van der Waals surface area contributed by atoms with E-state index in [4.69, 9.17) is 0 Å². The van der Waals surface area contributed by atoms with Gasteiger partial charge in [0.05, 0.1) is 18.1 Å². The van der Waals surface area contributed by atoms with E-state index < -0.39 is 0 Å². The van der Waals surface area contributed by atoms with Crippen LogP contribution in [0.15, 0.2) is 78.0 Å². The van der Waals surface area contributed by atoms with Crippen molar-refractivity contribution in [3.63, 3.8) is 0 Å². The number of aromatic nitrogens is 1. The molecule has 2 amide bonds. The lowest BCUT2D eigenvalue weighted by molar-refractivity contribution is -0.140. The van der Waals surface area contributed by atoms with Gasteiger partial charge < -0.3 is 4.57 Å². The topological polar surface area (TPSA) is 54.7 Å². The van der Waals surface area contributed by atoms with Crippen LogP contribution >= 0.6 is 0 Å². The molecule has 30 heavy (non-hydrogen) atoms. The summed E-state index contributed by atoms with van der Waals surface area (Å²) in [7, 11) is 0. The van der Waals surface area contributed by atoms with Gasteiger partial charge in [0, 0.05) is 29.2 Å². The summed E-state index contributed by atoms with van der Waals surface area (Å²) in [5.74, 6) is -0.334. The van der Waals surface area contributed by atoms with Gasteiger partial charge in [0.25, 0.3) is 11.8 Å². The second-order valence-corrected chi connectivity index (χ2v) is 8.45. The first-order valence-corrected chi connectivity index (χ1v) is 10.4. The average molecular weight is 395 g/mol. The number of benzene rings is 2. The number of nitrogens with zero attached hydrogens (tertiary/aromatic N) is 3. The van der Waals surface area contributed by atoms with Crippen LogP contribution in [0.5, 0.6) is 0 Å². The molecule has 1 aromatic heterocycles. The van der Waals surface area contributed by atoms with Gasteiger partial charge in [-0.15, -0.1) is 0 Å². The molecule has 6 rings (SSSR count). The van der Waals surface area contributed by atoms with Gasteiger partial charge in [0.2, 0.25) is 0 Å². The van der Waals surface area contributed by atoms with Crippen molar-refractivity contribution in [2.45, 2.75) is 13.0 Å². The molecule has 3 aromatic rings. The standard InChI is InChI=1S/C25H21N3O2/c29-24-22-17-10-11-18(12-17)23(22)25(30)28(24)26-13-19-15-27(14-16-6-2-1-3-7-16)21-9-5-4-8-20(19)21/h1-11,13,15,17-18,22-23H,12,14H2/b26-13-/t17-,18-,22-,23+/m0/s1. The van der Waals surface area contributed by atoms with Crippen LogP contribution < -0.4 is 0 Å². The van der Waals surface area contributed by atoms with Crippen LogP contribution in [-0.4, -0.2) is 27.6 Å². The molecule has 0 spiro atoms. The maximum absolute atomic E-state index is 12.9. The quantitative estimate of drug-likeness (QED) is 0.383. The number of hydrazone groups is 1. The molecule has 4 atom stereocenters. The molecule has 0 radical (unpaired) electrons. The Bertz CT molecular complexity index is 1190. The Morgan fingerprint density at radius 1 is 0.900 bits per heavy atom. The van der Waals surface area contributed by atoms with E-state index in [1.54, 1.807) is 6.21 Å². The summed E-state index contributed by atoms with van der Waals surface area (Å²) >= 11 is 0. The molecular weight excluding hydrogens is 374 g/mol. The van der Waals surface area contributed by atoms with Crippen molar-refractivity contribution in [2.24, 2.45) is 28.8 Å². The minimum Gasteiger partial charge on any atom is -0.342 e. The minimum absolute atomic E-state index is 0.147. The smallest absolute Gasteiger partial charge is 0.254 e. The van der Waals surface area contributed by atoms with Crippen LogP contribution in [0.3, 0.4) is 0 Å². The molecule has 148 valence electrons. The summed E-state index contributed by atoms with van der Waals surface area (Å²) in [5.41, 5.74) is 3.21. The first-order chi connectivity index (χ1) is 14.7. The van der Waals surface area contributed by atoms with Crippen LogP contribution in [0.2, 0.25) is 0 Å². The van der Waals surface area contributed by atoms with Crippen LogP contribution in [-0.2, 0) is 16.1 Å². The predicted octanol–water partition coefficient (Wildman–Crippen LogP) is 3.83. The number of fused-ring (bicyclic) bond motifs is 6. The molecule has 3 aliphatic rings. The molecular formula is C25H21N3O2. The Labute approximate surface area is 174 Å². The van der Waals surface area contributed by atoms with Gasteiger partial charge in [0.15, 0.2) is 0 Å². The molecule has 5 nitrogen and oxygen atoms in total. The van der Waals surface area contributed by atoms with Crippen molar-refractivity contribution < 1.29 is 9.59 Å². The van der Waals surface area contributed by atoms with Crippen molar-refractivity contribution >= 4 is 28.9 Å². The Hall–Kier alpha value is -3.47. The van der Waals surface area contributed by atoms with E-state index in [2.05, 4.69) is 40.0 Å². The molecule has 2 fully saturated rings. The SMILES string of the molecule is O=C1[C@@H]2[C@H](C(=O)N1/N=C\c1cn(Cc3ccccc3)c3ccccc13)[C@H]1C=C[C@H]2C1. The molecule has 0 unspecified atom stereocenters.